The predicted molar refractivity (Wildman–Crippen MR) is 61.5 cm³/mol. The highest BCUT2D eigenvalue weighted by molar-refractivity contribution is 5.96. The molecule has 2 aliphatic rings. The normalized spacial score (nSPS) is 24.3. The van der Waals surface area contributed by atoms with Gasteiger partial charge in [-0.25, -0.2) is 19.3 Å². The van der Waals surface area contributed by atoms with E-state index in [9.17, 15) is 19.5 Å². The van der Waals surface area contributed by atoms with Gasteiger partial charge in [-0.3, -0.25) is 0 Å². The topological polar surface area (TPSA) is 98.2 Å². The van der Waals surface area contributed by atoms with Crippen molar-refractivity contribution in [1.29, 1.82) is 0 Å². The third-order valence-electron chi connectivity index (χ3n) is 3.53. The molecule has 7 heteroatoms. The summed E-state index contributed by atoms with van der Waals surface area (Å²) in [4.78, 5) is 36.3. The van der Waals surface area contributed by atoms with Gasteiger partial charge in [-0.2, -0.15) is 0 Å². The van der Waals surface area contributed by atoms with E-state index in [0.717, 1.165) is 4.90 Å². The van der Waals surface area contributed by atoms with Crippen LogP contribution in [0.2, 0.25) is 0 Å². The molecule has 0 spiro atoms. The molecule has 7 nitrogen and oxygen atoms in total. The van der Waals surface area contributed by atoms with Crippen LogP contribution in [0.4, 0.5) is 9.59 Å². The number of urea groups is 1. The molecule has 0 aromatic heterocycles. The van der Waals surface area contributed by atoms with Crippen molar-refractivity contribution >= 4 is 18.1 Å². The number of carbonyl (C=O) groups excluding carboxylic acids is 1. The predicted octanol–water partition coefficient (Wildman–Crippen LogP) is 1.28. The Morgan fingerprint density at radius 1 is 1.16 bits per heavy atom. The number of carboxylic acid groups (broad SMARTS) is 2. The highest BCUT2D eigenvalue weighted by Gasteiger charge is 2.52. The molecule has 2 atom stereocenters. The van der Waals surface area contributed by atoms with E-state index in [1.807, 2.05) is 0 Å². The number of rotatable bonds is 1. The van der Waals surface area contributed by atoms with E-state index in [0.29, 0.717) is 16.0 Å². The molecule has 19 heavy (non-hydrogen) atoms. The van der Waals surface area contributed by atoms with Gasteiger partial charge in [0.05, 0.1) is 6.04 Å². The van der Waals surface area contributed by atoms with Crippen molar-refractivity contribution in [3.8, 4) is 0 Å². The largest absolute Gasteiger partial charge is 0.479 e. The molecule has 1 fully saturated rings. The zero-order valence-corrected chi connectivity index (χ0v) is 9.68. The Hall–Kier alpha value is -2.57. The molecule has 0 saturated carbocycles. The lowest BCUT2D eigenvalue weighted by Gasteiger charge is -2.29. The summed E-state index contributed by atoms with van der Waals surface area (Å²) >= 11 is 0. The van der Waals surface area contributed by atoms with Gasteiger partial charge in [-0.15, -0.1) is 0 Å². The van der Waals surface area contributed by atoms with Crippen LogP contribution in [0.5, 0.6) is 0 Å². The van der Waals surface area contributed by atoms with Crippen molar-refractivity contribution in [2.45, 2.75) is 12.1 Å². The molecular formula is C12H10N2O5. The Kier molecular flexibility index (Phi) is 2.25. The molecule has 0 radical (unpaired) electrons. The van der Waals surface area contributed by atoms with E-state index in [1.54, 1.807) is 24.3 Å². The Morgan fingerprint density at radius 2 is 1.79 bits per heavy atom. The number of hydrogen-bond acceptors (Lipinski definition) is 3. The van der Waals surface area contributed by atoms with Crippen molar-refractivity contribution in [1.82, 2.24) is 9.80 Å². The van der Waals surface area contributed by atoms with Crippen molar-refractivity contribution in [3.63, 3.8) is 0 Å². The summed E-state index contributed by atoms with van der Waals surface area (Å²) < 4.78 is 0. The monoisotopic (exact) mass is 262 g/mol. The van der Waals surface area contributed by atoms with Crippen molar-refractivity contribution in [2.24, 2.45) is 0 Å². The van der Waals surface area contributed by atoms with Crippen LogP contribution in [0, 0.1) is 0 Å². The van der Waals surface area contributed by atoms with Crippen LogP contribution in [-0.4, -0.2) is 44.7 Å². The maximum atomic E-state index is 12.0. The number of carbonyl (C=O) groups is 3. The van der Waals surface area contributed by atoms with E-state index in [1.165, 1.54) is 0 Å². The van der Waals surface area contributed by atoms with Crippen LogP contribution < -0.4 is 0 Å². The molecule has 2 bridgehead atoms. The van der Waals surface area contributed by atoms with Gasteiger partial charge in [-0.1, -0.05) is 24.3 Å². The van der Waals surface area contributed by atoms with Crippen LogP contribution >= 0.6 is 0 Å². The number of amides is 3. The fraction of sp³-hybridized carbons (Fsp3) is 0.250. The first-order chi connectivity index (χ1) is 9.02. The second kappa shape index (κ2) is 3.71. The first kappa shape index (κ1) is 11.5. The summed E-state index contributed by atoms with van der Waals surface area (Å²) in [6.45, 7) is 0.0825. The Labute approximate surface area is 107 Å². The van der Waals surface area contributed by atoms with Gasteiger partial charge in [0.25, 0.3) is 0 Å². The maximum absolute atomic E-state index is 12.0. The Balaban J connectivity index is 2.20. The Morgan fingerprint density at radius 3 is 2.37 bits per heavy atom. The van der Waals surface area contributed by atoms with Gasteiger partial charge in [0.2, 0.25) is 0 Å². The second-order valence-corrected chi connectivity index (χ2v) is 4.47. The fourth-order valence-electron chi connectivity index (χ4n) is 2.78. The van der Waals surface area contributed by atoms with Crippen LogP contribution in [0.3, 0.4) is 0 Å². The van der Waals surface area contributed by atoms with Crippen LogP contribution in [-0.2, 0) is 4.79 Å². The number of fused-ring (bicyclic) bond motifs is 4. The van der Waals surface area contributed by atoms with Crippen LogP contribution in [0.15, 0.2) is 24.3 Å². The molecule has 1 unspecified atom stereocenters. The number of imide groups is 1. The number of aliphatic carboxylic acids is 1. The quantitative estimate of drug-likeness (QED) is 0.794. The lowest BCUT2D eigenvalue weighted by Crippen LogP contribution is -2.39. The van der Waals surface area contributed by atoms with E-state index in [-0.39, 0.29) is 6.54 Å². The first-order valence-corrected chi connectivity index (χ1v) is 5.66. The average Bonchev–Trinajstić information content (AvgIpc) is 2.64. The standard InChI is InChI=1S/C12H10N2O5/c15-10(16)9-7-4-2-1-3-6(7)8-5-13(9)11(17)14(8)12(18)19/h1-4,8-9H,5H2,(H,15,16)(H,18,19)/t8-,9?/m0/s1. The molecule has 98 valence electrons. The lowest BCUT2D eigenvalue weighted by molar-refractivity contribution is -0.142. The Bertz CT molecular complexity index is 600. The van der Waals surface area contributed by atoms with Crippen LogP contribution in [0.25, 0.3) is 0 Å². The number of nitrogens with zero attached hydrogens (tertiary/aromatic N) is 2. The zero-order valence-electron chi connectivity index (χ0n) is 9.68. The van der Waals surface area contributed by atoms with Gasteiger partial charge < -0.3 is 15.1 Å². The molecular weight excluding hydrogens is 252 g/mol. The molecule has 3 rings (SSSR count). The van der Waals surface area contributed by atoms with Crippen molar-refractivity contribution < 1.29 is 24.6 Å². The number of benzene rings is 1. The lowest BCUT2D eigenvalue weighted by atomic mass is 9.91. The summed E-state index contributed by atoms with van der Waals surface area (Å²) in [5.41, 5.74) is 1.06. The fourth-order valence-corrected chi connectivity index (χ4v) is 2.78. The van der Waals surface area contributed by atoms with E-state index < -0.39 is 30.2 Å². The highest BCUT2D eigenvalue weighted by Crippen LogP contribution is 2.43. The summed E-state index contributed by atoms with van der Waals surface area (Å²) in [5.74, 6) is -1.16. The van der Waals surface area contributed by atoms with Gasteiger partial charge in [0.15, 0.2) is 6.04 Å². The van der Waals surface area contributed by atoms with Crippen LogP contribution in [0.1, 0.15) is 23.2 Å². The third kappa shape index (κ3) is 1.41. The van der Waals surface area contributed by atoms with Crippen molar-refractivity contribution in [3.05, 3.63) is 35.4 Å². The molecule has 3 amide bonds. The molecule has 2 N–H and O–H groups in total. The third-order valence-corrected chi connectivity index (χ3v) is 3.53. The van der Waals surface area contributed by atoms with Gasteiger partial charge in [0.1, 0.15) is 0 Å². The highest BCUT2D eigenvalue weighted by atomic mass is 16.4. The number of carboxylic acids is 1. The summed E-state index contributed by atoms with van der Waals surface area (Å²) in [7, 11) is 0. The maximum Gasteiger partial charge on any atom is 0.416 e. The van der Waals surface area contributed by atoms with Gasteiger partial charge in [-0.05, 0) is 11.1 Å². The van der Waals surface area contributed by atoms with Gasteiger partial charge >= 0.3 is 18.1 Å². The van der Waals surface area contributed by atoms with Gasteiger partial charge in [0, 0.05) is 6.54 Å². The van der Waals surface area contributed by atoms with E-state index in [4.69, 9.17) is 5.11 Å². The molecule has 0 aliphatic carbocycles. The second-order valence-electron chi connectivity index (χ2n) is 4.47. The van der Waals surface area contributed by atoms with Crippen molar-refractivity contribution in [2.75, 3.05) is 6.54 Å². The molecule has 2 aliphatic heterocycles. The number of hydrogen-bond donors (Lipinski definition) is 2. The van der Waals surface area contributed by atoms with E-state index >= 15 is 0 Å². The molecule has 2 heterocycles. The average molecular weight is 262 g/mol. The smallest absolute Gasteiger partial charge is 0.416 e. The zero-order chi connectivity index (χ0) is 13.7. The minimum Gasteiger partial charge on any atom is -0.479 e. The minimum atomic E-state index is -1.36. The SMILES string of the molecule is O=C(O)C1c2ccccc2[C@@H]2CN1C(=O)N2C(=O)O. The molecule has 1 aromatic carbocycles. The summed E-state index contributed by atoms with van der Waals surface area (Å²) in [6.07, 6.45) is -1.36. The minimum absolute atomic E-state index is 0.0825. The first-order valence-electron chi connectivity index (χ1n) is 5.66. The summed E-state index contributed by atoms with van der Waals surface area (Å²) in [5, 5.41) is 18.4. The molecule has 1 saturated heterocycles. The van der Waals surface area contributed by atoms with E-state index in [2.05, 4.69) is 0 Å². The molecule has 1 aromatic rings. The summed E-state index contributed by atoms with van der Waals surface area (Å²) in [6, 6.07) is 4.14.